The summed E-state index contributed by atoms with van der Waals surface area (Å²) >= 11 is 1.53. The summed E-state index contributed by atoms with van der Waals surface area (Å²) in [6.45, 7) is 5.96. The van der Waals surface area contributed by atoms with Crippen LogP contribution in [0.1, 0.15) is 18.1 Å². The summed E-state index contributed by atoms with van der Waals surface area (Å²) in [7, 11) is 1.64. The van der Waals surface area contributed by atoms with E-state index >= 15 is 0 Å². The van der Waals surface area contributed by atoms with E-state index in [2.05, 4.69) is 11.4 Å². The zero-order chi connectivity index (χ0) is 16.1. The molecule has 1 N–H and O–H groups in total. The van der Waals surface area contributed by atoms with Gasteiger partial charge < -0.3 is 10.1 Å². The van der Waals surface area contributed by atoms with Crippen LogP contribution in [0.4, 0.5) is 5.69 Å². The van der Waals surface area contributed by atoms with Gasteiger partial charge >= 0.3 is 0 Å². The molecule has 22 heavy (non-hydrogen) atoms. The summed E-state index contributed by atoms with van der Waals surface area (Å²) in [6.07, 6.45) is 0. The Bertz CT molecular complexity index is 653. The number of thioether (sulfide) groups is 1. The third kappa shape index (κ3) is 4.28. The molecule has 1 atom stereocenters. The fourth-order valence-corrected chi connectivity index (χ4v) is 2.97. The van der Waals surface area contributed by atoms with Gasteiger partial charge in [-0.3, -0.25) is 4.79 Å². The van der Waals surface area contributed by atoms with Gasteiger partial charge in [0.25, 0.3) is 0 Å². The Hall–Kier alpha value is -1.94. The minimum atomic E-state index is -0.172. The molecular weight excluding hydrogens is 294 g/mol. The fraction of sp³-hybridized carbons (Fsp3) is 0.278. The molecule has 0 aromatic heterocycles. The summed E-state index contributed by atoms with van der Waals surface area (Å²) in [4.78, 5) is 13.4. The summed E-state index contributed by atoms with van der Waals surface area (Å²) in [6, 6.07) is 13.7. The van der Waals surface area contributed by atoms with Crippen LogP contribution < -0.4 is 10.1 Å². The monoisotopic (exact) mass is 315 g/mol. The van der Waals surface area contributed by atoms with Gasteiger partial charge in [0.2, 0.25) is 5.91 Å². The van der Waals surface area contributed by atoms with E-state index < -0.39 is 0 Å². The molecule has 1 unspecified atom stereocenters. The van der Waals surface area contributed by atoms with Crippen molar-refractivity contribution in [1.29, 1.82) is 0 Å². The number of carbonyl (C=O) groups excluding carboxylic acids is 1. The average Bonchev–Trinajstić information content (AvgIpc) is 2.50. The molecule has 1 amide bonds. The number of nitrogens with one attached hydrogen (secondary N) is 1. The Morgan fingerprint density at radius 1 is 1.14 bits per heavy atom. The Morgan fingerprint density at radius 3 is 2.41 bits per heavy atom. The molecule has 3 nitrogen and oxygen atoms in total. The maximum absolute atomic E-state index is 12.3. The standard InChI is InChI=1S/C18H21NO2S/c1-12-5-10-17(13(2)11-12)19-18(20)14(3)22-16-8-6-15(21-4)7-9-16/h5-11,14H,1-4H3,(H,19,20). The van der Waals surface area contributed by atoms with E-state index in [0.29, 0.717) is 0 Å². The van der Waals surface area contributed by atoms with Crippen molar-refractivity contribution in [2.75, 3.05) is 12.4 Å². The fourth-order valence-electron chi connectivity index (χ4n) is 2.10. The molecule has 2 rings (SSSR count). The number of ether oxygens (including phenoxy) is 1. The second kappa shape index (κ2) is 7.36. The molecule has 0 fully saturated rings. The topological polar surface area (TPSA) is 38.3 Å². The highest BCUT2D eigenvalue weighted by Crippen LogP contribution is 2.26. The summed E-state index contributed by atoms with van der Waals surface area (Å²) in [5.74, 6) is 0.824. The number of rotatable bonds is 5. The summed E-state index contributed by atoms with van der Waals surface area (Å²) in [5.41, 5.74) is 3.14. The van der Waals surface area contributed by atoms with E-state index in [1.807, 2.05) is 57.2 Å². The predicted octanol–water partition coefficient (Wildman–Crippen LogP) is 4.43. The van der Waals surface area contributed by atoms with Gasteiger partial charge in [-0.05, 0) is 56.7 Å². The lowest BCUT2D eigenvalue weighted by Gasteiger charge is -2.14. The van der Waals surface area contributed by atoms with Crippen molar-refractivity contribution in [2.45, 2.75) is 30.9 Å². The average molecular weight is 315 g/mol. The van der Waals surface area contributed by atoms with Gasteiger partial charge in [0, 0.05) is 10.6 Å². The number of benzene rings is 2. The highest BCUT2D eigenvalue weighted by Gasteiger charge is 2.15. The van der Waals surface area contributed by atoms with Crippen molar-refractivity contribution >= 4 is 23.4 Å². The number of methoxy groups -OCH3 is 1. The second-order valence-corrected chi connectivity index (χ2v) is 6.66. The number of anilines is 1. The van der Waals surface area contributed by atoms with Crippen LogP contribution >= 0.6 is 11.8 Å². The molecule has 0 aliphatic rings. The molecular formula is C18H21NO2S. The van der Waals surface area contributed by atoms with E-state index in [0.717, 1.165) is 21.9 Å². The van der Waals surface area contributed by atoms with E-state index in [4.69, 9.17) is 4.74 Å². The van der Waals surface area contributed by atoms with Crippen molar-refractivity contribution < 1.29 is 9.53 Å². The second-order valence-electron chi connectivity index (χ2n) is 5.24. The van der Waals surface area contributed by atoms with Crippen LogP contribution in [-0.4, -0.2) is 18.3 Å². The number of aryl methyl sites for hydroxylation is 2. The van der Waals surface area contributed by atoms with Gasteiger partial charge in [-0.1, -0.05) is 17.7 Å². The SMILES string of the molecule is COc1ccc(SC(C)C(=O)Nc2ccc(C)cc2C)cc1. The molecule has 0 aliphatic heterocycles. The van der Waals surface area contributed by atoms with Crippen molar-refractivity contribution in [3.8, 4) is 5.75 Å². The van der Waals surface area contributed by atoms with Gasteiger partial charge in [-0.2, -0.15) is 0 Å². The number of amides is 1. The van der Waals surface area contributed by atoms with Gasteiger partial charge in [0.15, 0.2) is 0 Å². The molecule has 2 aromatic carbocycles. The smallest absolute Gasteiger partial charge is 0.237 e. The Morgan fingerprint density at radius 2 is 1.82 bits per heavy atom. The zero-order valence-electron chi connectivity index (χ0n) is 13.3. The van der Waals surface area contributed by atoms with Crippen LogP contribution in [0.3, 0.4) is 0 Å². The number of hydrogen-bond acceptors (Lipinski definition) is 3. The molecule has 0 bridgehead atoms. The Balaban J connectivity index is 1.99. The largest absolute Gasteiger partial charge is 0.497 e. The first-order valence-corrected chi connectivity index (χ1v) is 8.06. The predicted molar refractivity (Wildman–Crippen MR) is 92.9 cm³/mol. The third-order valence-corrected chi connectivity index (χ3v) is 4.49. The first kappa shape index (κ1) is 16.4. The minimum Gasteiger partial charge on any atom is -0.497 e. The minimum absolute atomic E-state index is 0.00720. The normalized spacial score (nSPS) is 11.8. The van der Waals surface area contributed by atoms with Crippen molar-refractivity contribution in [3.63, 3.8) is 0 Å². The van der Waals surface area contributed by atoms with Crippen LogP contribution in [0.15, 0.2) is 47.4 Å². The lowest BCUT2D eigenvalue weighted by Crippen LogP contribution is -2.22. The first-order valence-electron chi connectivity index (χ1n) is 7.18. The molecule has 116 valence electrons. The molecule has 0 radical (unpaired) electrons. The molecule has 0 aliphatic carbocycles. The number of hydrogen-bond donors (Lipinski definition) is 1. The van der Waals surface area contributed by atoms with E-state index in [-0.39, 0.29) is 11.2 Å². The molecule has 2 aromatic rings. The van der Waals surface area contributed by atoms with Gasteiger partial charge in [-0.15, -0.1) is 11.8 Å². The van der Waals surface area contributed by atoms with E-state index in [1.165, 1.54) is 17.3 Å². The van der Waals surface area contributed by atoms with Crippen LogP contribution in [0.2, 0.25) is 0 Å². The summed E-state index contributed by atoms with van der Waals surface area (Å²) < 4.78 is 5.13. The molecule has 0 spiro atoms. The van der Waals surface area contributed by atoms with Gasteiger partial charge in [0.1, 0.15) is 5.75 Å². The summed E-state index contributed by atoms with van der Waals surface area (Å²) in [5, 5.41) is 2.82. The van der Waals surface area contributed by atoms with Crippen molar-refractivity contribution in [3.05, 3.63) is 53.6 Å². The van der Waals surface area contributed by atoms with Crippen LogP contribution in [0, 0.1) is 13.8 Å². The van der Waals surface area contributed by atoms with Gasteiger partial charge in [-0.25, -0.2) is 0 Å². The lowest BCUT2D eigenvalue weighted by atomic mass is 10.1. The molecule has 4 heteroatoms. The molecule has 0 saturated heterocycles. The highest BCUT2D eigenvalue weighted by atomic mass is 32.2. The van der Waals surface area contributed by atoms with Crippen LogP contribution in [-0.2, 0) is 4.79 Å². The molecule has 0 heterocycles. The zero-order valence-corrected chi connectivity index (χ0v) is 14.2. The van der Waals surface area contributed by atoms with Crippen molar-refractivity contribution in [1.82, 2.24) is 0 Å². The van der Waals surface area contributed by atoms with Crippen molar-refractivity contribution in [2.24, 2.45) is 0 Å². The van der Waals surface area contributed by atoms with E-state index in [9.17, 15) is 4.79 Å². The Labute approximate surface area is 136 Å². The maximum Gasteiger partial charge on any atom is 0.237 e. The molecule has 0 saturated carbocycles. The van der Waals surface area contributed by atoms with Crippen LogP contribution in [0.25, 0.3) is 0 Å². The van der Waals surface area contributed by atoms with E-state index in [1.54, 1.807) is 7.11 Å². The number of carbonyl (C=O) groups is 1. The quantitative estimate of drug-likeness (QED) is 0.829. The van der Waals surface area contributed by atoms with Crippen LogP contribution in [0.5, 0.6) is 5.75 Å². The maximum atomic E-state index is 12.3. The van der Waals surface area contributed by atoms with Gasteiger partial charge in [0.05, 0.1) is 12.4 Å². The first-order chi connectivity index (χ1) is 10.5. The lowest BCUT2D eigenvalue weighted by molar-refractivity contribution is -0.115. The Kier molecular flexibility index (Phi) is 5.50. The highest BCUT2D eigenvalue weighted by molar-refractivity contribution is 8.00. The third-order valence-electron chi connectivity index (χ3n) is 3.38.